The van der Waals surface area contributed by atoms with E-state index in [1.165, 1.54) is 57.8 Å². The van der Waals surface area contributed by atoms with Crippen molar-refractivity contribution in [2.75, 3.05) is 0 Å². The van der Waals surface area contributed by atoms with Crippen LogP contribution in [0.4, 0.5) is 0 Å². The van der Waals surface area contributed by atoms with Crippen LogP contribution in [0.1, 0.15) is 71.6 Å². The number of rotatable bonds is 7. The lowest BCUT2D eigenvalue weighted by Gasteiger charge is -2.18. The van der Waals surface area contributed by atoms with Gasteiger partial charge in [-0.2, -0.15) is 0 Å². The van der Waals surface area contributed by atoms with Crippen LogP contribution in [0, 0.1) is 11.8 Å². The van der Waals surface area contributed by atoms with Gasteiger partial charge in [0.05, 0.1) is 0 Å². The fourth-order valence-corrected chi connectivity index (χ4v) is 2.99. The van der Waals surface area contributed by atoms with Crippen LogP contribution < -0.4 is 5.73 Å². The van der Waals surface area contributed by atoms with E-state index in [-0.39, 0.29) is 0 Å². The Labute approximate surface area is 95.8 Å². The molecule has 0 aromatic carbocycles. The van der Waals surface area contributed by atoms with Crippen LogP contribution in [-0.2, 0) is 0 Å². The Morgan fingerprint density at radius 1 is 1.20 bits per heavy atom. The molecule has 1 rings (SSSR count). The third kappa shape index (κ3) is 5.55. The van der Waals surface area contributed by atoms with E-state index in [0.29, 0.717) is 6.04 Å². The third-order valence-electron chi connectivity index (χ3n) is 3.91. The van der Waals surface area contributed by atoms with Gasteiger partial charge in [-0.25, -0.2) is 0 Å². The average Bonchev–Trinajstić information content (AvgIpc) is 2.67. The summed E-state index contributed by atoms with van der Waals surface area (Å²) in [6.07, 6.45) is 12.4. The van der Waals surface area contributed by atoms with Crippen molar-refractivity contribution in [2.24, 2.45) is 17.6 Å². The van der Waals surface area contributed by atoms with Crippen molar-refractivity contribution >= 4 is 0 Å². The van der Waals surface area contributed by atoms with Crippen molar-refractivity contribution in [1.29, 1.82) is 0 Å². The number of nitrogens with two attached hydrogens (primary N) is 1. The lowest BCUT2D eigenvalue weighted by Crippen LogP contribution is -2.23. The Bertz CT molecular complexity index is 149. The lowest BCUT2D eigenvalue weighted by atomic mass is 9.92. The molecule has 1 fully saturated rings. The normalized spacial score (nSPS) is 21.8. The summed E-state index contributed by atoms with van der Waals surface area (Å²) in [5, 5.41) is 0. The van der Waals surface area contributed by atoms with Crippen molar-refractivity contribution in [3.05, 3.63) is 0 Å². The first kappa shape index (κ1) is 13.0. The Hall–Kier alpha value is -0.0400. The molecule has 1 saturated carbocycles. The van der Waals surface area contributed by atoms with Crippen LogP contribution in [0.25, 0.3) is 0 Å². The topological polar surface area (TPSA) is 26.0 Å². The molecule has 2 N–H and O–H groups in total. The van der Waals surface area contributed by atoms with Crippen molar-refractivity contribution in [3.63, 3.8) is 0 Å². The molecule has 1 nitrogen and oxygen atoms in total. The molecule has 1 aliphatic rings. The molecule has 15 heavy (non-hydrogen) atoms. The smallest absolute Gasteiger partial charge is 0.00414 e. The summed E-state index contributed by atoms with van der Waals surface area (Å²) in [5.41, 5.74) is 6.18. The van der Waals surface area contributed by atoms with Gasteiger partial charge in [0.2, 0.25) is 0 Å². The van der Waals surface area contributed by atoms with Gasteiger partial charge >= 0.3 is 0 Å². The maximum Gasteiger partial charge on any atom is 0.00414 e. The van der Waals surface area contributed by atoms with Crippen LogP contribution in [0.15, 0.2) is 0 Å². The molecule has 2 unspecified atom stereocenters. The van der Waals surface area contributed by atoms with Gasteiger partial charge in [0.25, 0.3) is 0 Å². The first-order valence-corrected chi connectivity index (χ1v) is 6.98. The summed E-state index contributed by atoms with van der Waals surface area (Å²) in [6, 6.07) is 0.465. The molecule has 0 saturated heterocycles. The molecular weight excluding hydrogens is 182 g/mol. The van der Waals surface area contributed by atoms with Crippen LogP contribution in [0.2, 0.25) is 0 Å². The van der Waals surface area contributed by atoms with Crippen molar-refractivity contribution in [1.82, 2.24) is 0 Å². The Balaban J connectivity index is 2.04. The van der Waals surface area contributed by atoms with Crippen molar-refractivity contribution in [3.8, 4) is 0 Å². The molecule has 2 atom stereocenters. The molecule has 0 bridgehead atoms. The Morgan fingerprint density at radius 2 is 1.87 bits per heavy atom. The molecular formula is C14H29N. The minimum atomic E-state index is 0.465. The van der Waals surface area contributed by atoms with E-state index in [1.54, 1.807) is 0 Å². The van der Waals surface area contributed by atoms with Gasteiger partial charge in [0.1, 0.15) is 0 Å². The molecule has 1 heteroatoms. The van der Waals surface area contributed by atoms with E-state index in [0.717, 1.165) is 11.8 Å². The highest BCUT2D eigenvalue weighted by Crippen LogP contribution is 2.29. The Kier molecular flexibility index (Phi) is 6.31. The van der Waals surface area contributed by atoms with E-state index in [2.05, 4.69) is 13.8 Å². The molecule has 0 heterocycles. The molecule has 0 aromatic heterocycles. The minimum Gasteiger partial charge on any atom is -0.328 e. The Morgan fingerprint density at radius 3 is 2.47 bits per heavy atom. The molecule has 90 valence electrons. The number of hydrogen-bond acceptors (Lipinski definition) is 1. The van der Waals surface area contributed by atoms with Gasteiger partial charge in [-0.05, 0) is 31.1 Å². The highest BCUT2D eigenvalue weighted by Gasteiger charge is 2.16. The summed E-state index contributed by atoms with van der Waals surface area (Å²) in [6.45, 7) is 4.61. The number of hydrogen-bond donors (Lipinski definition) is 1. The molecule has 0 spiro atoms. The monoisotopic (exact) mass is 211 g/mol. The quantitative estimate of drug-likeness (QED) is 0.674. The van der Waals surface area contributed by atoms with Gasteiger partial charge in [-0.15, -0.1) is 0 Å². The molecule has 0 amide bonds. The summed E-state index contributed by atoms with van der Waals surface area (Å²) < 4.78 is 0. The summed E-state index contributed by atoms with van der Waals surface area (Å²) >= 11 is 0. The van der Waals surface area contributed by atoms with Gasteiger partial charge in [0, 0.05) is 6.04 Å². The fourth-order valence-electron chi connectivity index (χ4n) is 2.99. The van der Waals surface area contributed by atoms with E-state index in [9.17, 15) is 0 Å². The molecule has 1 aliphatic carbocycles. The fraction of sp³-hybridized carbons (Fsp3) is 1.00. The maximum atomic E-state index is 6.18. The predicted molar refractivity (Wildman–Crippen MR) is 67.9 cm³/mol. The van der Waals surface area contributed by atoms with E-state index in [4.69, 9.17) is 5.73 Å². The second kappa shape index (κ2) is 7.27. The summed E-state index contributed by atoms with van der Waals surface area (Å²) in [7, 11) is 0. The van der Waals surface area contributed by atoms with E-state index in [1.807, 2.05) is 0 Å². The standard InChI is InChI=1S/C14H29N/c1-3-6-12(2)11-14(15)10-9-13-7-4-5-8-13/h12-14H,3-11,15H2,1-2H3. The van der Waals surface area contributed by atoms with Crippen LogP contribution in [0.5, 0.6) is 0 Å². The molecule has 0 aromatic rings. The van der Waals surface area contributed by atoms with Crippen LogP contribution >= 0.6 is 0 Å². The van der Waals surface area contributed by atoms with Crippen molar-refractivity contribution < 1.29 is 0 Å². The minimum absolute atomic E-state index is 0.465. The zero-order chi connectivity index (χ0) is 11.1. The molecule has 0 radical (unpaired) electrons. The predicted octanol–water partition coefficient (Wildman–Crippen LogP) is 4.11. The largest absolute Gasteiger partial charge is 0.328 e. The second-order valence-corrected chi connectivity index (χ2v) is 5.62. The zero-order valence-corrected chi connectivity index (χ0v) is 10.7. The SMILES string of the molecule is CCCC(C)CC(N)CCC1CCCC1. The van der Waals surface area contributed by atoms with Gasteiger partial charge in [0.15, 0.2) is 0 Å². The second-order valence-electron chi connectivity index (χ2n) is 5.62. The van der Waals surface area contributed by atoms with Crippen molar-refractivity contribution in [2.45, 2.75) is 77.7 Å². The molecule has 0 aliphatic heterocycles. The van der Waals surface area contributed by atoms with E-state index < -0.39 is 0 Å². The third-order valence-corrected chi connectivity index (χ3v) is 3.91. The van der Waals surface area contributed by atoms with Gasteiger partial charge in [-0.1, -0.05) is 52.4 Å². The van der Waals surface area contributed by atoms with E-state index >= 15 is 0 Å². The zero-order valence-electron chi connectivity index (χ0n) is 10.7. The van der Waals surface area contributed by atoms with Gasteiger partial charge < -0.3 is 5.73 Å². The first-order valence-electron chi connectivity index (χ1n) is 6.98. The van der Waals surface area contributed by atoms with Crippen LogP contribution in [-0.4, -0.2) is 6.04 Å². The summed E-state index contributed by atoms with van der Waals surface area (Å²) in [5.74, 6) is 1.84. The highest BCUT2D eigenvalue weighted by molar-refractivity contribution is 4.72. The van der Waals surface area contributed by atoms with Crippen LogP contribution in [0.3, 0.4) is 0 Å². The first-order chi connectivity index (χ1) is 7.22. The van der Waals surface area contributed by atoms with Gasteiger partial charge in [-0.3, -0.25) is 0 Å². The maximum absolute atomic E-state index is 6.18. The average molecular weight is 211 g/mol. The highest BCUT2D eigenvalue weighted by atomic mass is 14.6. The summed E-state index contributed by atoms with van der Waals surface area (Å²) in [4.78, 5) is 0. The lowest BCUT2D eigenvalue weighted by molar-refractivity contribution is 0.383.